The van der Waals surface area contributed by atoms with E-state index in [1.807, 2.05) is 24.3 Å². The third-order valence-corrected chi connectivity index (χ3v) is 5.44. The van der Waals surface area contributed by atoms with Crippen LogP contribution in [0.15, 0.2) is 60.7 Å². The van der Waals surface area contributed by atoms with E-state index in [4.69, 9.17) is 11.6 Å². The molecule has 0 bridgehead atoms. The number of hydrogen-bond acceptors (Lipinski definition) is 2. The zero-order valence-corrected chi connectivity index (χ0v) is 16.4. The molecule has 142 valence electrons. The summed E-state index contributed by atoms with van der Waals surface area (Å²) in [7, 11) is 0. The molecule has 0 radical (unpaired) electrons. The molecule has 3 rings (SSSR count). The molecule has 0 aliphatic carbocycles. The number of amides is 1. The Kier molecular flexibility index (Phi) is 7.49. The maximum Gasteiger partial charge on any atom is 0.224 e. The second-order valence-electron chi connectivity index (χ2n) is 7.12. The molecule has 1 N–H and O–H groups in total. The van der Waals surface area contributed by atoms with Crippen LogP contribution in [0, 0.1) is 5.92 Å². The highest BCUT2D eigenvalue weighted by molar-refractivity contribution is 6.33. The Morgan fingerprint density at radius 1 is 1.07 bits per heavy atom. The first-order valence-corrected chi connectivity index (χ1v) is 10.1. The number of rotatable bonds is 7. The van der Waals surface area contributed by atoms with Crippen molar-refractivity contribution in [3.8, 4) is 0 Å². The van der Waals surface area contributed by atoms with Gasteiger partial charge < -0.3 is 5.32 Å². The topological polar surface area (TPSA) is 32.3 Å². The van der Waals surface area contributed by atoms with E-state index in [1.165, 1.54) is 18.4 Å². The molecule has 4 heteroatoms. The fourth-order valence-corrected chi connectivity index (χ4v) is 3.65. The highest BCUT2D eigenvalue weighted by atomic mass is 35.5. The molecule has 0 saturated carbocycles. The number of carbonyl (C=O) groups excluding carboxylic acids is 1. The van der Waals surface area contributed by atoms with Gasteiger partial charge in [-0.1, -0.05) is 66.2 Å². The number of likely N-dealkylation sites (tertiary alicyclic amines) is 1. The van der Waals surface area contributed by atoms with Crippen molar-refractivity contribution < 1.29 is 4.79 Å². The highest BCUT2D eigenvalue weighted by Gasteiger charge is 2.19. The molecule has 2 aromatic carbocycles. The van der Waals surface area contributed by atoms with E-state index < -0.39 is 0 Å². The average Bonchev–Trinajstić information content (AvgIpc) is 2.70. The van der Waals surface area contributed by atoms with Crippen LogP contribution in [0.1, 0.15) is 31.2 Å². The molecule has 1 heterocycles. The number of nitrogens with zero attached hydrogens (tertiary/aromatic N) is 1. The highest BCUT2D eigenvalue weighted by Crippen LogP contribution is 2.24. The van der Waals surface area contributed by atoms with Crippen LogP contribution in [0.25, 0.3) is 6.08 Å². The summed E-state index contributed by atoms with van der Waals surface area (Å²) in [4.78, 5) is 14.6. The zero-order chi connectivity index (χ0) is 18.9. The minimum atomic E-state index is 0.0522. The Balaban J connectivity index is 1.34. The third-order valence-electron chi connectivity index (χ3n) is 5.11. The summed E-state index contributed by atoms with van der Waals surface area (Å²) in [6.45, 7) is 3.21. The van der Waals surface area contributed by atoms with Crippen molar-refractivity contribution in [1.82, 2.24) is 4.90 Å². The lowest BCUT2D eigenvalue weighted by Crippen LogP contribution is -2.34. The second kappa shape index (κ2) is 10.3. The van der Waals surface area contributed by atoms with Gasteiger partial charge in [0.2, 0.25) is 5.91 Å². The third kappa shape index (κ3) is 6.53. The summed E-state index contributed by atoms with van der Waals surface area (Å²) < 4.78 is 0. The first kappa shape index (κ1) is 19.7. The summed E-state index contributed by atoms with van der Waals surface area (Å²) in [6.07, 6.45) is 8.27. The Morgan fingerprint density at radius 2 is 1.78 bits per heavy atom. The molecule has 1 fully saturated rings. The number of piperidine rings is 1. The van der Waals surface area contributed by atoms with Gasteiger partial charge in [-0.25, -0.2) is 0 Å². The van der Waals surface area contributed by atoms with E-state index in [-0.39, 0.29) is 5.91 Å². The van der Waals surface area contributed by atoms with Crippen molar-refractivity contribution in [3.05, 3.63) is 71.3 Å². The molecular formula is C23H27ClN2O. The van der Waals surface area contributed by atoms with Crippen LogP contribution in [0.4, 0.5) is 5.69 Å². The van der Waals surface area contributed by atoms with Crippen molar-refractivity contribution in [1.29, 1.82) is 0 Å². The van der Waals surface area contributed by atoms with Crippen LogP contribution in [-0.4, -0.2) is 30.4 Å². The summed E-state index contributed by atoms with van der Waals surface area (Å²) in [5, 5.41) is 3.50. The van der Waals surface area contributed by atoms with Gasteiger partial charge in [-0.15, -0.1) is 0 Å². The quantitative estimate of drug-likeness (QED) is 0.687. The van der Waals surface area contributed by atoms with E-state index in [2.05, 4.69) is 46.6 Å². The number of para-hydroxylation sites is 1. The van der Waals surface area contributed by atoms with E-state index in [0.717, 1.165) is 26.1 Å². The first-order valence-electron chi connectivity index (χ1n) is 9.69. The molecule has 1 aliphatic rings. The predicted octanol–water partition coefficient (Wildman–Crippen LogP) is 5.48. The zero-order valence-electron chi connectivity index (χ0n) is 15.6. The maximum absolute atomic E-state index is 12.2. The molecule has 0 unspecified atom stereocenters. The molecule has 0 spiro atoms. The van der Waals surface area contributed by atoms with Crippen LogP contribution in [-0.2, 0) is 4.79 Å². The van der Waals surface area contributed by atoms with E-state index >= 15 is 0 Å². The molecule has 0 aromatic heterocycles. The molecule has 0 atom stereocenters. The van der Waals surface area contributed by atoms with Gasteiger partial charge in [0, 0.05) is 13.0 Å². The molecule has 1 aliphatic heterocycles. The van der Waals surface area contributed by atoms with Gasteiger partial charge in [-0.05, 0) is 56.0 Å². The summed E-state index contributed by atoms with van der Waals surface area (Å²) in [5.74, 6) is 0.688. The average molecular weight is 383 g/mol. The molecule has 2 aromatic rings. The first-order chi connectivity index (χ1) is 13.2. The van der Waals surface area contributed by atoms with Crippen molar-refractivity contribution in [2.24, 2.45) is 5.92 Å². The Bertz CT molecular complexity index is 752. The summed E-state index contributed by atoms with van der Waals surface area (Å²) >= 11 is 6.09. The van der Waals surface area contributed by atoms with Crippen molar-refractivity contribution in [3.63, 3.8) is 0 Å². The number of benzene rings is 2. The van der Waals surface area contributed by atoms with Gasteiger partial charge in [-0.2, -0.15) is 0 Å². The number of anilines is 1. The van der Waals surface area contributed by atoms with Crippen LogP contribution < -0.4 is 5.32 Å². The predicted molar refractivity (Wildman–Crippen MR) is 114 cm³/mol. The van der Waals surface area contributed by atoms with Crippen molar-refractivity contribution >= 4 is 29.3 Å². The maximum atomic E-state index is 12.2. The van der Waals surface area contributed by atoms with Gasteiger partial charge in [0.1, 0.15) is 0 Å². The van der Waals surface area contributed by atoms with Gasteiger partial charge in [0.25, 0.3) is 0 Å². The van der Waals surface area contributed by atoms with Gasteiger partial charge in [0.05, 0.1) is 10.7 Å². The number of nitrogens with one attached hydrogen (secondary N) is 1. The monoisotopic (exact) mass is 382 g/mol. The van der Waals surface area contributed by atoms with E-state index in [0.29, 0.717) is 23.0 Å². The fraction of sp³-hybridized carbons (Fsp3) is 0.348. The smallest absolute Gasteiger partial charge is 0.224 e. The lowest BCUT2D eigenvalue weighted by molar-refractivity contribution is -0.116. The van der Waals surface area contributed by atoms with Crippen molar-refractivity contribution in [2.45, 2.75) is 25.7 Å². The minimum Gasteiger partial charge on any atom is -0.325 e. The molecule has 1 amide bonds. The van der Waals surface area contributed by atoms with Gasteiger partial charge in [0.15, 0.2) is 0 Å². The second-order valence-corrected chi connectivity index (χ2v) is 7.53. The lowest BCUT2D eigenvalue weighted by Gasteiger charge is -2.31. The normalized spacial score (nSPS) is 15.9. The fourth-order valence-electron chi connectivity index (χ4n) is 3.47. The summed E-state index contributed by atoms with van der Waals surface area (Å²) in [6, 6.07) is 17.8. The largest absolute Gasteiger partial charge is 0.325 e. The number of hydrogen-bond donors (Lipinski definition) is 1. The molecule has 3 nitrogen and oxygen atoms in total. The number of halogens is 1. The van der Waals surface area contributed by atoms with Crippen LogP contribution in [0.5, 0.6) is 0 Å². The lowest BCUT2D eigenvalue weighted by atomic mass is 9.92. The number of carbonyl (C=O) groups is 1. The summed E-state index contributed by atoms with van der Waals surface area (Å²) in [5.41, 5.74) is 1.95. The van der Waals surface area contributed by atoms with Gasteiger partial charge >= 0.3 is 0 Å². The Labute approximate surface area is 167 Å². The van der Waals surface area contributed by atoms with Crippen LogP contribution >= 0.6 is 11.6 Å². The minimum absolute atomic E-state index is 0.0522. The van der Waals surface area contributed by atoms with E-state index in [9.17, 15) is 4.79 Å². The van der Waals surface area contributed by atoms with Crippen LogP contribution in [0.3, 0.4) is 0 Å². The Morgan fingerprint density at radius 3 is 2.52 bits per heavy atom. The molecule has 1 saturated heterocycles. The molecular weight excluding hydrogens is 356 g/mol. The van der Waals surface area contributed by atoms with Crippen molar-refractivity contribution in [2.75, 3.05) is 25.0 Å². The van der Waals surface area contributed by atoms with E-state index in [1.54, 1.807) is 6.07 Å². The molecule has 27 heavy (non-hydrogen) atoms. The standard InChI is InChI=1S/C23H27ClN2O/c24-21-10-4-5-11-22(21)25-23(27)13-12-20-14-17-26(18-15-20)16-6-9-19-7-2-1-3-8-19/h1-11,20H,12-18H2,(H,25,27). The Hall–Kier alpha value is -2.10. The van der Waals surface area contributed by atoms with Crippen LogP contribution in [0.2, 0.25) is 5.02 Å². The van der Waals surface area contributed by atoms with Gasteiger partial charge in [-0.3, -0.25) is 9.69 Å². The SMILES string of the molecule is O=C(CCC1CCN(CC=Cc2ccccc2)CC1)Nc1ccccc1Cl.